The molecule has 0 bridgehead atoms. The summed E-state index contributed by atoms with van der Waals surface area (Å²) >= 11 is 0. The molecular weight excluding hydrogens is 211 g/mol. The Bertz CT molecular complexity index is 516. The van der Waals surface area contributed by atoms with Gasteiger partial charge in [0.25, 0.3) is 0 Å². The zero-order valence-corrected chi connectivity index (χ0v) is 8.83. The molecule has 0 aliphatic carbocycles. The highest BCUT2D eigenvalue weighted by molar-refractivity contribution is 5.98. The van der Waals surface area contributed by atoms with Crippen molar-refractivity contribution in [1.29, 1.82) is 0 Å². The average molecular weight is 222 g/mol. The summed E-state index contributed by atoms with van der Waals surface area (Å²) in [7, 11) is 0. The zero-order valence-electron chi connectivity index (χ0n) is 8.83. The Morgan fingerprint density at radius 3 is 3.00 bits per heavy atom. The molecule has 0 atom stereocenters. The lowest BCUT2D eigenvalue weighted by atomic mass is 10.2. The van der Waals surface area contributed by atoms with Crippen LogP contribution in [0.1, 0.15) is 17.5 Å². The van der Waals surface area contributed by atoms with Crippen LogP contribution >= 0.6 is 0 Å². The Hall–Kier alpha value is -1.68. The van der Waals surface area contributed by atoms with Crippen LogP contribution in [0.15, 0.2) is 28.7 Å². The quantitative estimate of drug-likeness (QED) is 0.747. The molecular formula is C12H11FO3. The predicted octanol–water partition coefficient (Wildman–Crippen LogP) is 2.79. The van der Waals surface area contributed by atoms with E-state index in [0.717, 1.165) is 0 Å². The van der Waals surface area contributed by atoms with E-state index < -0.39 is 0 Å². The summed E-state index contributed by atoms with van der Waals surface area (Å²) in [6.45, 7) is 2.26. The predicted molar refractivity (Wildman–Crippen MR) is 57.0 cm³/mol. The van der Waals surface area contributed by atoms with Crippen molar-refractivity contribution >= 4 is 16.8 Å². The first-order valence-corrected chi connectivity index (χ1v) is 5.00. The lowest BCUT2D eigenvalue weighted by Crippen LogP contribution is -2.07. The first-order valence-electron chi connectivity index (χ1n) is 5.00. The third-order valence-corrected chi connectivity index (χ3v) is 2.19. The van der Waals surface area contributed by atoms with Crippen molar-refractivity contribution in [3.8, 4) is 0 Å². The molecule has 1 aromatic carbocycles. The fourth-order valence-electron chi connectivity index (χ4n) is 1.42. The van der Waals surface area contributed by atoms with Gasteiger partial charge >= 0.3 is 0 Å². The van der Waals surface area contributed by atoms with Gasteiger partial charge < -0.3 is 9.15 Å². The van der Waals surface area contributed by atoms with Crippen LogP contribution in [0.4, 0.5) is 4.39 Å². The Labute approximate surface area is 91.8 Å². The maximum absolute atomic E-state index is 12.9. The number of carbonyl (C=O) groups excluding carboxylic acids is 1. The number of fused-ring (bicyclic) bond motifs is 1. The third kappa shape index (κ3) is 2.12. The van der Waals surface area contributed by atoms with Gasteiger partial charge in [-0.2, -0.15) is 0 Å². The topological polar surface area (TPSA) is 39.4 Å². The SMILES string of the molecule is CCOCC(=O)c1cc2cc(F)ccc2o1. The third-order valence-electron chi connectivity index (χ3n) is 2.19. The highest BCUT2D eigenvalue weighted by atomic mass is 19.1. The van der Waals surface area contributed by atoms with Crippen molar-refractivity contribution < 1.29 is 18.3 Å². The molecule has 0 saturated heterocycles. The van der Waals surface area contributed by atoms with E-state index in [-0.39, 0.29) is 24.0 Å². The molecule has 84 valence electrons. The molecule has 0 N–H and O–H groups in total. The van der Waals surface area contributed by atoms with E-state index in [0.29, 0.717) is 17.6 Å². The monoisotopic (exact) mass is 222 g/mol. The van der Waals surface area contributed by atoms with E-state index in [9.17, 15) is 9.18 Å². The second kappa shape index (κ2) is 4.45. The maximum atomic E-state index is 12.9. The Balaban J connectivity index is 2.28. The van der Waals surface area contributed by atoms with Crippen LogP contribution in [0.25, 0.3) is 11.0 Å². The van der Waals surface area contributed by atoms with Crippen LogP contribution in [0.5, 0.6) is 0 Å². The molecule has 0 aliphatic heterocycles. The second-order valence-corrected chi connectivity index (χ2v) is 3.35. The molecule has 0 amide bonds. The van der Waals surface area contributed by atoms with Crippen LogP contribution in [0.3, 0.4) is 0 Å². The lowest BCUT2D eigenvalue weighted by molar-refractivity contribution is 0.0758. The van der Waals surface area contributed by atoms with Gasteiger partial charge in [-0.3, -0.25) is 4.79 Å². The molecule has 0 fully saturated rings. The fraction of sp³-hybridized carbons (Fsp3) is 0.250. The molecule has 4 heteroatoms. The van der Waals surface area contributed by atoms with Crippen molar-refractivity contribution in [2.75, 3.05) is 13.2 Å². The van der Waals surface area contributed by atoms with E-state index >= 15 is 0 Å². The number of ether oxygens (including phenoxy) is 1. The summed E-state index contributed by atoms with van der Waals surface area (Å²) in [5.74, 6) is -0.385. The van der Waals surface area contributed by atoms with E-state index in [1.807, 2.05) is 0 Å². The normalized spacial score (nSPS) is 10.9. The lowest BCUT2D eigenvalue weighted by Gasteiger charge is -1.96. The first-order chi connectivity index (χ1) is 7.70. The minimum atomic E-state index is -0.350. The van der Waals surface area contributed by atoms with Gasteiger partial charge in [-0.05, 0) is 31.2 Å². The molecule has 0 unspecified atom stereocenters. The smallest absolute Gasteiger partial charge is 0.223 e. The van der Waals surface area contributed by atoms with Crippen LogP contribution in [0.2, 0.25) is 0 Å². The number of ketones is 1. The number of carbonyl (C=O) groups is 1. The summed E-state index contributed by atoms with van der Waals surface area (Å²) in [6.07, 6.45) is 0. The van der Waals surface area contributed by atoms with Gasteiger partial charge in [0.05, 0.1) is 0 Å². The highest BCUT2D eigenvalue weighted by Gasteiger charge is 2.12. The first kappa shape index (κ1) is 10.8. The molecule has 3 nitrogen and oxygen atoms in total. The van der Waals surface area contributed by atoms with Crippen LogP contribution in [0, 0.1) is 5.82 Å². The summed E-state index contributed by atoms with van der Waals surface area (Å²) in [5.41, 5.74) is 0.501. The van der Waals surface area contributed by atoms with Gasteiger partial charge in [0.15, 0.2) is 5.76 Å². The van der Waals surface area contributed by atoms with Gasteiger partial charge in [0, 0.05) is 12.0 Å². The van der Waals surface area contributed by atoms with Crippen molar-refractivity contribution in [1.82, 2.24) is 0 Å². The Morgan fingerprint density at radius 2 is 2.25 bits per heavy atom. The molecule has 0 spiro atoms. The summed E-state index contributed by atoms with van der Waals surface area (Å²) < 4.78 is 23.2. The second-order valence-electron chi connectivity index (χ2n) is 3.35. The minimum Gasteiger partial charge on any atom is -0.453 e. The van der Waals surface area contributed by atoms with Gasteiger partial charge in [0.2, 0.25) is 5.78 Å². The van der Waals surface area contributed by atoms with Crippen molar-refractivity contribution in [2.45, 2.75) is 6.92 Å². The molecule has 0 aliphatic rings. The standard InChI is InChI=1S/C12H11FO3/c1-2-15-7-10(14)12-6-8-5-9(13)3-4-11(8)16-12/h3-6H,2,7H2,1H3. The largest absolute Gasteiger partial charge is 0.453 e. The van der Waals surface area contributed by atoms with E-state index in [4.69, 9.17) is 9.15 Å². The van der Waals surface area contributed by atoms with Crippen molar-refractivity contribution in [3.63, 3.8) is 0 Å². The number of benzene rings is 1. The van der Waals surface area contributed by atoms with Crippen molar-refractivity contribution in [2.24, 2.45) is 0 Å². The average Bonchev–Trinajstić information content (AvgIpc) is 2.68. The van der Waals surface area contributed by atoms with Crippen molar-refractivity contribution in [3.05, 3.63) is 35.8 Å². The number of Topliss-reactive ketones (excluding diaryl/α,β-unsaturated/α-hetero) is 1. The number of furan rings is 1. The molecule has 0 saturated carbocycles. The molecule has 2 rings (SSSR count). The molecule has 2 aromatic rings. The van der Waals surface area contributed by atoms with Gasteiger partial charge in [-0.1, -0.05) is 0 Å². The summed E-state index contributed by atoms with van der Waals surface area (Å²) in [4.78, 5) is 11.5. The summed E-state index contributed by atoms with van der Waals surface area (Å²) in [5, 5.41) is 0.583. The number of halogens is 1. The minimum absolute atomic E-state index is 0.0151. The van der Waals surface area contributed by atoms with Crippen LogP contribution < -0.4 is 0 Å². The van der Waals surface area contributed by atoms with Gasteiger partial charge in [-0.25, -0.2) is 4.39 Å². The zero-order chi connectivity index (χ0) is 11.5. The van der Waals surface area contributed by atoms with Crippen LogP contribution in [-0.2, 0) is 4.74 Å². The molecule has 0 radical (unpaired) electrons. The van der Waals surface area contributed by atoms with E-state index in [2.05, 4.69) is 0 Å². The van der Waals surface area contributed by atoms with E-state index in [1.165, 1.54) is 24.3 Å². The molecule has 1 aromatic heterocycles. The number of rotatable bonds is 4. The Morgan fingerprint density at radius 1 is 1.44 bits per heavy atom. The Kier molecular flexibility index (Phi) is 3.01. The fourth-order valence-corrected chi connectivity index (χ4v) is 1.42. The maximum Gasteiger partial charge on any atom is 0.223 e. The highest BCUT2D eigenvalue weighted by Crippen LogP contribution is 2.20. The molecule has 1 heterocycles. The number of hydrogen-bond acceptors (Lipinski definition) is 3. The number of hydrogen-bond donors (Lipinski definition) is 0. The summed E-state index contributed by atoms with van der Waals surface area (Å²) in [6, 6.07) is 5.65. The van der Waals surface area contributed by atoms with Crippen LogP contribution in [-0.4, -0.2) is 19.0 Å². The van der Waals surface area contributed by atoms with Gasteiger partial charge in [0.1, 0.15) is 18.0 Å². The molecule has 16 heavy (non-hydrogen) atoms. The van der Waals surface area contributed by atoms with Gasteiger partial charge in [-0.15, -0.1) is 0 Å². The van der Waals surface area contributed by atoms with E-state index in [1.54, 1.807) is 6.92 Å².